The van der Waals surface area contributed by atoms with Crippen LogP contribution in [-0.2, 0) is 20.8 Å². The average molecular weight is 492 g/mol. The van der Waals surface area contributed by atoms with E-state index in [9.17, 15) is 35.7 Å². The van der Waals surface area contributed by atoms with E-state index >= 15 is 0 Å². The first-order valence-corrected chi connectivity index (χ1v) is 10.7. The molecule has 2 aliphatic rings. The van der Waals surface area contributed by atoms with Crippen LogP contribution < -0.4 is 10.1 Å². The lowest BCUT2D eigenvalue weighted by molar-refractivity contribution is -0.281. The van der Waals surface area contributed by atoms with Crippen molar-refractivity contribution >= 4 is 17.4 Å². The Balaban J connectivity index is 1.49. The summed E-state index contributed by atoms with van der Waals surface area (Å²) in [5, 5.41) is 71.1. The first-order chi connectivity index (χ1) is 15.6. The molecule has 8 N–H and O–H groups in total. The third-order valence-electron chi connectivity index (χ3n) is 5.49. The number of rotatable bonds is 6. The zero-order valence-corrected chi connectivity index (χ0v) is 18.5. The lowest BCUT2D eigenvalue weighted by Crippen LogP contribution is -2.59. The summed E-state index contributed by atoms with van der Waals surface area (Å²) in [6.45, 7) is 1.20. The third-order valence-corrected chi connectivity index (χ3v) is 5.73. The standard InChI is InChI=1S/C20H29NO11S/c1-8-12(23)14(25)16(27)18(29-8)30-10-4-2-9(3-5-10)6-21-20(33)32-19-17(28)15(26)13(24)11(7-22)31-19/h2-5,8,11-19,22-28H,6-7H2,1H3,(H,21,33). The van der Waals surface area contributed by atoms with E-state index in [-0.39, 0.29) is 11.7 Å². The molecule has 2 saturated heterocycles. The number of benzene rings is 1. The van der Waals surface area contributed by atoms with Gasteiger partial charge in [0.05, 0.1) is 12.7 Å². The molecule has 0 saturated carbocycles. The molecule has 3 rings (SSSR count). The van der Waals surface area contributed by atoms with Gasteiger partial charge in [-0.2, -0.15) is 0 Å². The third kappa shape index (κ3) is 6.08. The van der Waals surface area contributed by atoms with Crippen LogP contribution in [0.4, 0.5) is 0 Å². The van der Waals surface area contributed by atoms with Crippen LogP contribution in [-0.4, -0.2) is 109 Å². The summed E-state index contributed by atoms with van der Waals surface area (Å²) in [4.78, 5) is 0. The topological polar surface area (TPSA) is 191 Å². The van der Waals surface area contributed by atoms with E-state index in [1.807, 2.05) is 0 Å². The van der Waals surface area contributed by atoms with Gasteiger partial charge >= 0.3 is 0 Å². The van der Waals surface area contributed by atoms with Gasteiger partial charge in [0.2, 0.25) is 12.6 Å². The van der Waals surface area contributed by atoms with E-state index in [4.69, 9.17) is 31.2 Å². The Morgan fingerprint density at radius 1 is 0.879 bits per heavy atom. The maximum absolute atomic E-state index is 10.0. The summed E-state index contributed by atoms with van der Waals surface area (Å²) >= 11 is 5.06. The molecule has 13 heteroatoms. The number of nitrogens with one attached hydrogen (secondary N) is 1. The Morgan fingerprint density at radius 2 is 1.48 bits per heavy atom. The number of thiocarbonyl (C=S) groups is 1. The molecule has 1 aromatic rings. The summed E-state index contributed by atoms with van der Waals surface area (Å²) < 4.78 is 21.5. The lowest BCUT2D eigenvalue weighted by atomic mass is 9.99. The molecule has 10 unspecified atom stereocenters. The molecule has 0 aromatic heterocycles. The smallest absolute Gasteiger partial charge is 0.259 e. The van der Waals surface area contributed by atoms with Crippen molar-refractivity contribution in [3.05, 3.63) is 29.8 Å². The molecule has 10 atom stereocenters. The van der Waals surface area contributed by atoms with Crippen LogP contribution in [0.2, 0.25) is 0 Å². The first kappa shape index (κ1) is 26.0. The number of ether oxygens (including phenoxy) is 4. The van der Waals surface area contributed by atoms with Gasteiger partial charge in [0.15, 0.2) is 0 Å². The summed E-state index contributed by atoms with van der Waals surface area (Å²) in [5.74, 6) is 0.360. The molecule has 12 nitrogen and oxygen atoms in total. The van der Waals surface area contributed by atoms with Gasteiger partial charge in [-0.25, -0.2) is 0 Å². The van der Waals surface area contributed by atoms with Crippen molar-refractivity contribution in [3.8, 4) is 5.75 Å². The second kappa shape index (κ2) is 11.2. The minimum absolute atomic E-state index is 0.139. The van der Waals surface area contributed by atoms with E-state index in [2.05, 4.69) is 5.32 Å². The van der Waals surface area contributed by atoms with Gasteiger partial charge in [-0.1, -0.05) is 12.1 Å². The second-order valence-corrected chi connectivity index (χ2v) is 8.27. The van der Waals surface area contributed by atoms with Crippen molar-refractivity contribution in [1.29, 1.82) is 0 Å². The molecular formula is C20H29NO11S. The highest BCUT2D eigenvalue weighted by molar-refractivity contribution is 7.80. The maximum atomic E-state index is 10.0. The summed E-state index contributed by atoms with van der Waals surface area (Å²) in [6, 6.07) is 6.61. The number of hydrogen-bond donors (Lipinski definition) is 8. The summed E-state index contributed by atoms with van der Waals surface area (Å²) in [5.41, 5.74) is 0.760. The number of aliphatic hydroxyl groups excluding tert-OH is 7. The van der Waals surface area contributed by atoms with E-state index in [1.54, 1.807) is 31.2 Å². The molecule has 0 radical (unpaired) electrons. The molecular weight excluding hydrogens is 462 g/mol. The molecule has 0 amide bonds. The fourth-order valence-corrected chi connectivity index (χ4v) is 3.58. The largest absolute Gasteiger partial charge is 0.462 e. The minimum Gasteiger partial charge on any atom is -0.462 e. The maximum Gasteiger partial charge on any atom is 0.259 e. The highest BCUT2D eigenvalue weighted by Crippen LogP contribution is 2.25. The van der Waals surface area contributed by atoms with Gasteiger partial charge in [-0.15, -0.1) is 0 Å². The lowest BCUT2D eigenvalue weighted by Gasteiger charge is -2.39. The SMILES string of the molecule is CC1OC(Oc2ccc(CNC(=S)OC3OC(CO)C(O)C(O)C3O)cc2)C(O)C(O)C1O. The minimum atomic E-state index is -1.57. The second-order valence-electron chi connectivity index (χ2n) is 7.90. The van der Waals surface area contributed by atoms with Crippen LogP contribution in [0.1, 0.15) is 12.5 Å². The molecule has 0 spiro atoms. The Labute approximate surface area is 194 Å². The van der Waals surface area contributed by atoms with Gasteiger partial charge in [0.1, 0.15) is 48.5 Å². The predicted octanol–water partition coefficient (Wildman–Crippen LogP) is -2.92. The van der Waals surface area contributed by atoms with Crippen LogP contribution in [0.3, 0.4) is 0 Å². The molecule has 2 fully saturated rings. The van der Waals surface area contributed by atoms with Crippen molar-refractivity contribution in [3.63, 3.8) is 0 Å². The monoisotopic (exact) mass is 491 g/mol. The first-order valence-electron chi connectivity index (χ1n) is 10.3. The number of hydrogen-bond acceptors (Lipinski definition) is 12. The van der Waals surface area contributed by atoms with Gasteiger partial charge in [0, 0.05) is 6.54 Å². The van der Waals surface area contributed by atoms with Crippen LogP contribution in [0.5, 0.6) is 5.75 Å². The van der Waals surface area contributed by atoms with Crippen molar-refractivity contribution in [2.24, 2.45) is 0 Å². The van der Waals surface area contributed by atoms with Crippen molar-refractivity contribution in [1.82, 2.24) is 5.32 Å². The summed E-state index contributed by atoms with van der Waals surface area (Å²) in [6.07, 6.45) is -13.0. The van der Waals surface area contributed by atoms with Gasteiger partial charge < -0.3 is 60.0 Å². The van der Waals surface area contributed by atoms with Crippen molar-refractivity contribution in [2.45, 2.75) is 74.9 Å². The quantitative estimate of drug-likeness (QED) is 0.189. The Kier molecular flexibility index (Phi) is 8.80. The Hall–Kier alpha value is -1.65. The van der Waals surface area contributed by atoms with Crippen LogP contribution >= 0.6 is 12.2 Å². The van der Waals surface area contributed by atoms with Crippen LogP contribution in [0.25, 0.3) is 0 Å². The fourth-order valence-electron chi connectivity index (χ4n) is 3.42. The fraction of sp³-hybridized carbons (Fsp3) is 0.650. The van der Waals surface area contributed by atoms with E-state index in [1.165, 1.54) is 0 Å². The molecule has 1 aromatic carbocycles. The highest BCUT2D eigenvalue weighted by Gasteiger charge is 2.45. The highest BCUT2D eigenvalue weighted by atomic mass is 32.1. The van der Waals surface area contributed by atoms with Crippen molar-refractivity contribution < 1.29 is 54.7 Å². The molecule has 0 aliphatic carbocycles. The molecule has 0 bridgehead atoms. The Bertz CT molecular complexity index is 782. The van der Waals surface area contributed by atoms with Crippen LogP contribution in [0, 0.1) is 0 Å². The molecule has 33 heavy (non-hydrogen) atoms. The van der Waals surface area contributed by atoms with Gasteiger partial charge in [-0.05, 0) is 36.8 Å². The van der Waals surface area contributed by atoms with Crippen molar-refractivity contribution in [2.75, 3.05) is 6.61 Å². The summed E-state index contributed by atoms with van der Waals surface area (Å²) in [7, 11) is 0. The average Bonchev–Trinajstić information content (AvgIpc) is 2.81. The van der Waals surface area contributed by atoms with Gasteiger partial charge in [0.25, 0.3) is 5.17 Å². The predicted molar refractivity (Wildman–Crippen MR) is 114 cm³/mol. The van der Waals surface area contributed by atoms with E-state index < -0.39 is 68.0 Å². The van der Waals surface area contributed by atoms with E-state index in [0.29, 0.717) is 5.75 Å². The molecule has 2 heterocycles. The Morgan fingerprint density at radius 3 is 2.12 bits per heavy atom. The molecule has 2 aliphatic heterocycles. The molecule has 186 valence electrons. The van der Waals surface area contributed by atoms with Gasteiger partial charge in [-0.3, -0.25) is 0 Å². The normalized spacial score (nSPS) is 39.0. The number of aliphatic hydroxyl groups is 7. The van der Waals surface area contributed by atoms with Crippen LogP contribution in [0.15, 0.2) is 24.3 Å². The van der Waals surface area contributed by atoms with E-state index in [0.717, 1.165) is 5.56 Å². The zero-order valence-electron chi connectivity index (χ0n) is 17.7. The zero-order chi connectivity index (χ0) is 24.3.